The number of hydrogen-bond acceptors (Lipinski definition) is 7. The first kappa shape index (κ1) is 19.8. The summed E-state index contributed by atoms with van der Waals surface area (Å²) in [5, 5.41) is 4.30. The highest BCUT2D eigenvalue weighted by molar-refractivity contribution is 7.20. The lowest BCUT2D eigenvalue weighted by molar-refractivity contribution is -0.922. The van der Waals surface area contributed by atoms with Crippen molar-refractivity contribution < 1.29 is 19.2 Å². The number of rotatable bonds is 6. The van der Waals surface area contributed by atoms with Crippen LogP contribution in [-0.4, -0.2) is 48.8 Å². The number of aromatic nitrogens is 2. The Morgan fingerprint density at radius 3 is 2.72 bits per heavy atom. The van der Waals surface area contributed by atoms with Crippen LogP contribution < -0.4 is 10.2 Å². The highest BCUT2D eigenvalue weighted by Crippen LogP contribution is 2.35. The average Bonchev–Trinajstić information content (AvgIpc) is 3.06. The van der Waals surface area contributed by atoms with Gasteiger partial charge in [-0.25, -0.2) is 14.8 Å². The van der Waals surface area contributed by atoms with Crippen LogP contribution in [0.4, 0.5) is 11.5 Å². The first-order valence-corrected chi connectivity index (χ1v) is 10.7. The quantitative estimate of drug-likeness (QED) is 0.604. The predicted molar refractivity (Wildman–Crippen MR) is 113 cm³/mol. The van der Waals surface area contributed by atoms with Crippen molar-refractivity contribution in [1.82, 2.24) is 9.97 Å². The van der Waals surface area contributed by atoms with Gasteiger partial charge in [0.15, 0.2) is 5.82 Å². The standard InChI is InChI=1S/C21H24N4O3S/c1-3-28-21(26)18-14(2)17-19(22-15-7-5-4-6-8-15)23-16(24-20(17)29-18)13-25-9-11-27-12-10-25/h4-8H,3,9-13H2,1-2H3,(H,22,23,24)/p+1. The Labute approximate surface area is 173 Å². The molecule has 3 heterocycles. The number of carbonyl (C=O) groups excluding carboxylic acids is 1. The molecule has 1 saturated heterocycles. The molecule has 2 aromatic heterocycles. The van der Waals surface area contributed by atoms with E-state index in [0.717, 1.165) is 66.0 Å². The maximum atomic E-state index is 12.4. The largest absolute Gasteiger partial charge is 0.462 e. The van der Waals surface area contributed by atoms with Gasteiger partial charge in [0.25, 0.3) is 0 Å². The molecule has 0 spiro atoms. The normalized spacial score (nSPS) is 14.8. The molecule has 3 aromatic rings. The molecular formula is C21H25N4O3S+. The summed E-state index contributed by atoms with van der Waals surface area (Å²) in [6.07, 6.45) is 0. The first-order chi connectivity index (χ1) is 14.2. The fourth-order valence-corrected chi connectivity index (χ4v) is 4.56. The van der Waals surface area contributed by atoms with Gasteiger partial charge in [-0.1, -0.05) is 18.2 Å². The molecule has 2 N–H and O–H groups in total. The summed E-state index contributed by atoms with van der Waals surface area (Å²) in [5.41, 5.74) is 1.80. The van der Waals surface area contributed by atoms with Crippen molar-refractivity contribution >= 4 is 39.0 Å². The topological polar surface area (TPSA) is 77.8 Å². The van der Waals surface area contributed by atoms with Crippen LogP contribution in [-0.2, 0) is 16.0 Å². The van der Waals surface area contributed by atoms with Gasteiger partial charge < -0.3 is 19.7 Å². The molecule has 0 saturated carbocycles. The number of para-hydroxylation sites is 1. The molecule has 0 amide bonds. The number of nitrogens with zero attached hydrogens (tertiary/aromatic N) is 2. The van der Waals surface area contributed by atoms with Crippen molar-refractivity contribution in [2.75, 3.05) is 38.2 Å². The van der Waals surface area contributed by atoms with Crippen molar-refractivity contribution in [3.05, 3.63) is 46.6 Å². The number of carbonyl (C=O) groups is 1. The third kappa shape index (κ3) is 4.39. The first-order valence-electron chi connectivity index (χ1n) is 9.86. The Bertz CT molecular complexity index is 1000. The van der Waals surface area contributed by atoms with E-state index in [1.54, 1.807) is 0 Å². The number of morpholine rings is 1. The zero-order chi connectivity index (χ0) is 20.2. The second kappa shape index (κ2) is 8.86. The molecule has 1 aliphatic heterocycles. The molecule has 1 aromatic carbocycles. The third-order valence-electron chi connectivity index (χ3n) is 4.94. The van der Waals surface area contributed by atoms with Gasteiger partial charge in [0.2, 0.25) is 0 Å². The molecule has 8 heteroatoms. The number of fused-ring (bicyclic) bond motifs is 1. The molecule has 0 radical (unpaired) electrons. The molecular weight excluding hydrogens is 388 g/mol. The summed E-state index contributed by atoms with van der Waals surface area (Å²) in [5.74, 6) is 1.19. The minimum absolute atomic E-state index is 0.306. The van der Waals surface area contributed by atoms with E-state index in [0.29, 0.717) is 11.5 Å². The lowest BCUT2D eigenvalue weighted by Crippen LogP contribution is -3.12. The van der Waals surface area contributed by atoms with Crippen molar-refractivity contribution in [2.45, 2.75) is 20.4 Å². The van der Waals surface area contributed by atoms with Gasteiger partial charge in [0, 0.05) is 5.69 Å². The summed E-state index contributed by atoms with van der Waals surface area (Å²) < 4.78 is 10.7. The smallest absolute Gasteiger partial charge is 0.348 e. The number of aryl methyl sites for hydroxylation is 1. The van der Waals surface area contributed by atoms with Crippen molar-refractivity contribution in [2.24, 2.45) is 0 Å². The van der Waals surface area contributed by atoms with Gasteiger partial charge in [-0.15, -0.1) is 11.3 Å². The van der Waals surface area contributed by atoms with Gasteiger partial charge in [-0.2, -0.15) is 0 Å². The van der Waals surface area contributed by atoms with E-state index in [9.17, 15) is 4.79 Å². The summed E-state index contributed by atoms with van der Waals surface area (Å²) in [4.78, 5) is 24.8. The maximum absolute atomic E-state index is 12.4. The van der Waals surface area contributed by atoms with Crippen LogP contribution in [0.15, 0.2) is 30.3 Å². The number of esters is 1. The van der Waals surface area contributed by atoms with Gasteiger partial charge in [0.1, 0.15) is 35.2 Å². The molecule has 0 bridgehead atoms. The number of benzene rings is 1. The fourth-order valence-electron chi connectivity index (χ4n) is 3.46. The van der Waals surface area contributed by atoms with Crippen LogP contribution in [0.3, 0.4) is 0 Å². The predicted octanol–water partition coefficient (Wildman–Crippen LogP) is 2.34. The molecule has 1 aliphatic rings. The summed E-state index contributed by atoms with van der Waals surface area (Å²) in [6, 6.07) is 9.92. The SMILES string of the molecule is CCOC(=O)c1sc2nc(C[NH+]3CCOCC3)nc(Nc3ccccc3)c2c1C. The van der Waals surface area contributed by atoms with E-state index in [4.69, 9.17) is 19.4 Å². The van der Waals surface area contributed by atoms with E-state index in [2.05, 4.69) is 5.32 Å². The molecule has 7 nitrogen and oxygen atoms in total. The highest BCUT2D eigenvalue weighted by atomic mass is 32.1. The van der Waals surface area contributed by atoms with Gasteiger partial charge in [-0.3, -0.25) is 0 Å². The van der Waals surface area contributed by atoms with Crippen molar-refractivity contribution in [1.29, 1.82) is 0 Å². The molecule has 0 aliphatic carbocycles. The van der Waals surface area contributed by atoms with Crippen LogP contribution in [0.5, 0.6) is 0 Å². The Morgan fingerprint density at radius 1 is 1.24 bits per heavy atom. The second-order valence-corrected chi connectivity index (χ2v) is 7.97. The van der Waals surface area contributed by atoms with E-state index in [1.807, 2.05) is 44.2 Å². The van der Waals surface area contributed by atoms with Crippen LogP contribution in [0.25, 0.3) is 10.2 Å². The average molecular weight is 414 g/mol. The van der Waals surface area contributed by atoms with Crippen molar-refractivity contribution in [3.63, 3.8) is 0 Å². The summed E-state index contributed by atoms with van der Waals surface area (Å²) >= 11 is 1.37. The Balaban J connectivity index is 1.76. The van der Waals surface area contributed by atoms with Crippen LogP contribution in [0, 0.1) is 6.92 Å². The minimum Gasteiger partial charge on any atom is -0.462 e. The molecule has 0 atom stereocenters. The summed E-state index contributed by atoms with van der Waals surface area (Å²) in [7, 11) is 0. The lowest BCUT2D eigenvalue weighted by Gasteiger charge is -2.23. The van der Waals surface area contributed by atoms with E-state index in [1.165, 1.54) is 16.2 Å². The second-order valence-electron chi connectivity index (χ2n) is 6.98. The van der Waals surface area contributed by atoms with Gasteiger partial charge in [0.05, 0.1) is 25.2 Å². The number of hydrogen-bond donors (Lipinski definition) is 2. The van der Waals surface area contributed by atoms with E-state index in [-0.39, 0.29) is 5.97 Å². The fraction of sp³-hybridized carbons (Fsp3) is 0.381. The number of thiophene rings is 1. The van der Waals surface area contributed by atoms with Gasteiger partial charge in [-0.05, 0) is 31.5 Å². The number of ether oxygens (including phenoxy) is 2. The zero-order valence-corrected chi connectivity index (χ0v) is 17.5. The van der Waals surface area contributed by atoms with E-state index < -0.39 is 0 Å². The number of nitrogens with one attached hydrogen (secondary N) is 2. The van der Waals surface area contributed by atoms with Crippen LogP contribution >= 0.6 is 11.3 Å². The molecule has 4 rings (SSSR count). The van der Waals surface area contributed by atoms with Crippen LogP contribution in [0.1, 0.15) is 28.0 Å². The Hall–Kier alpha value is -2.55. The molecule has 29 heavy (non-hydrogen) atoms. The Kier molecular flexibility index (Phi) is 6.03. The summed E-state index contributed by atoms with van der Waals surface area (Å²) in [6.45, 7) is 8.23. The zero-order valence-electron chi connectivity index (χ0n) is 16.7. The maximum Gasteiger partial charge on any atom is 0.348 e. The number of anilines is 2. The van der Waals surface area contributed by atoms with Crippen LogP contribution in [0.2, 0.25) is 0 Å². The van der Waals surface area contributed by atoms with Crippen molar-refractivity contribution in [3.8, 4) is 0 Å². The Morgan fingerprint density at radius 2 is 2.00 bits per heavy atom. The van der Waals surface area contributed by atoms with Gasteiger partial charge >= 0.3 is 5.97 Å². The molecule has 152 valence electrons. The highest BCUT2D eigenvalue weighted by Gasteiger charge is 2.23. The minimum atomic E-state index is -0.306. The number of quaternary nitrogens is 1. The lowest BCUT2D eigenvalue weighted by atomic mass is 10.2. The third-order valence-corrected chi connectivity index (χ3v) is 6.11. The molecule has 0 unspecified atom stereocenters. The van der Waals surface area contributed by atoms with E-state index >= 15 is 0 Å². The monoisotopic (exact) mass is 413 g/mol. The molecule has 1 fully saturated rings.